The lowest BCUT2D eigenvalue weighted by Crippen LogP contribution is -2.23. The van der Waals surface area contributed by atoms with Crippen LogP contribution in [0.5, 0.6) is 5.75 Å². The van der Waals surface area contributed by atoms with E-state index >= 15 is 0 Å². The molecule has 0 aromatic heterocycles. The molecule has 0 aliphatic heterocycles. The Bertz CT molecular complexity index is 905. The standard InChI is InChI=1S/C25H34N2O3/c1-8-22(28)26-18-10-9-11-19(15-18)27-23(29)16-30-21-13-12-17(24(2,3)4)14-20(21)25(5,6)7/h9-15H,8,16H2,1-7H3,(H,26,28)(H,27,29). The summed E-state index contributed by atoms with van der Waals surface area (Å²) in [5, 5.41) is 5.61. The lowest BCUT2D eigenvalue weighted by Gasteiger charge is -2.27. The van der Waals surface area contributed by atoms with Gasteiger partial charge in [0.15, 0.2) is 6.61 Å². The number of anilines is 2. The van der Waals surface area contributed by atoms with Crippen LogP contribution in [0.15, 0.2) is 42.5 Å². The van der Waals surface area contributed by atoms with Gasteiger partial charge in [0.1, 0.15) is 5.75 Å². The largest absolute Gasteiger partial charge is 0.483 e. The molecule has 30 heavy (non-hydrogen) atoms. The number of carbonyl (C=O) groups is 2. The van der Waals surface area contributed by atoms with E-state index in [1.807, 2.05) is 6.07 Å². The van der Waals surface area contributed by atoms with Gasteiger partial charge in [-0.15, -0.1) is 0 Å². The minimum atomic E-state index is -0.256. The summed E-state index contributed by atoms with van der Waals surface area (Å²) < 4.78 is 5.90. The molecular weight excluding hydrogens is 376 g/mol. The number of hydrogen-bond acceptors (Lipinski definition) is 3. The van der Waals surface area contributed by atoms with Crippen molar-refractivity contribution in [2.24, 2.45) is 0 Å². The molecule has 0 atom stereocenters. The van der Waals surface area contributed by atoms with Gasteiger partial charge in [0, 0.05) is 17.8 Å². The number of benzene rings is 2. The maximum atomic E-state index is 12.4. The van der Waals surface area contributed by atoms with Crippen LogP contribution in [0.2, 0.25) is 0 Å². The predicted molar refractivity (Wildman–Crippen MR) is 123 cm³/mol. The van der Waals surface area contributed by atoms with E-state index in [1.54, 1.807) is 31.2 Å². The lowest BCUT2D eigenvalue weighted by atomic mass is 9.80. The normalized spacial score (nSPS) is 11.7. The highest BCUT2D eigenvalue weighted by molar-refractivity contribution is 5.94. The van der Waals surface area contributed by atoms with Crippen molar-refractivity contribution in [3.05, 3.63) is 53.6 Å². The first-order valence-electron chi connectivity index (χ1n) is 10.4. The van der Waals surface area contributed by atoms with Crippen molar-refractivity contribution in [3.63, 3.8) is 0 Å². The summed E-state index contributed by atoms with van der Waals surface area (Å²) in [4.78, 5) is 24.0. The Morgan fingerprint density at radius 3 is 1.97 bits per heavy atom. The van der Waals surface area contributed by atoms with Gasteiger partial charge in [-0.05, 0) is 46.2 Å². The first-order chi connectivity index (χ1) is 13.9. The second kappa shape index (κ2) is 9.33. The van der Waals surface area contributed by atoms with Gasteiger partial charge >= 0.3 is 0 Å². The molecule has 2 aromatic carbocycles. The number of carbonyl (C=O) groups excluding carboxylic acids is 2. The topological polar surface area (TPSA) is 67.4 Å². The fourth-order valence-electron chi connectivity index (χ4n) is 2.97. The highest BCUT2D eigenvalue weighted by Crippen LogP contribution is 2.35. The molecule has 2 aromatic rings. The summed E-state index contributed by atoms with van der Waals surface area (Å²) in [5.41, 5.74) is 3.49. The van der Waals surface area contributed by atoms with Crippen molar-refractivity contribution in [2.45, 2.75) is 65.7 Å². The molecule has 2 rings (SSSR count). The molecule has 162 valence electrons. The lowest BCUT2D eigenvalue weighted by molar-refractivity contribution is -0.118. The van der Waals surface area contributed by atoms with Gasteiger partial charge in [-0.1, -0.05) is 66.7 Å². The Kier molecular flexibility index (Phi) is 7.30. The van der Waals surface area contributed by atoms with E-state index in [0.29, 0.717) is 17.8 Å². The van der Waals surface area contributed by atoms with E-state index in [0.717, 1.165) is 11.3 Å². The SMILES string of the molecule is CCC(=O)Nc1cccc(NC(=O)COc2ccc(C(C)(C)C)cc2C(C)(C)C)c1. The van der Waals surface area contributed by atoms with Crippen LogP contribution in [-0.4, -0.2) is 18.4 Å². The van der Waals surface area contributed by atoms with E-state index in [4.69, 9.17) is 4.74 Å². The van der Waals surface area contributed by atoms with Gasteiger partial charge < -0.3 is 15.4 Å². The Hall–Kier alpha value is -2.82. The highest BCUT2D eigenvalue weighted by Gasteiger charge is 2.23. The van der Waals surface area contributed by atoms with Crippen LogP contribution in [0.3, 0.4) is 0 Å². The van der Waals surface area contributed by atoms with Crippen LogP contribution in [0.4, 0.5) is 11.4 Å². The number of rotatable bonds is 6. The Balaban J connectivity index is 2.09. The molecule has 5 nitrogen and oxygen atoms in total. The smallest absolute Gasteiger partial charge is 0.262 e. The van der Waals surface area contributed by atoms with Crippen LogP contribution >= 0.6 is 0 Å². The first-order valence-corrected chi connectivity index (χ1v) is 10.4. The summed E-state index contributed by atoms with van der Waals surface area (Å²) in [6.45, 7) is 14.6. The third-order valence-corrected chi connectivity index (χ3v) is 4.76. The summed E-state index contributed by atoms with van der Waals surface area (Å²) >= 11 is 0. The van der Waals surface area contributed by atoms with Crippen LogP contribution in [0.25, 0.3) is 0 Å². The van der Waals surface area contributed by atoms with Crippen LogP contribution < -0.4 is 15.4 Å². The van der Waals surface area contributed by atoms with Gasteiger partial charge in [0.25, 0.3) is 5.91 Å². The van der Waals surface area contributed by atoms with Crippen LogP contribution in [0.1, 0.15) is 66.0 Å². The third kappa shape index (κ3) is 6.61. The number of hydrogen-bond donors (Lipinski definition) is 2. The third-order valence-electron chi connectivity index (χ3n) is 4.76. The maximum Gasteiger partial charge on any atom is 0.262 e. The monoisotopic (exact) mass is 410 g/mol. The summed E-state index contributed by atoms with van der Waals surface area (Å²) in [5.74, 6) is 0.388. The van der Waals surface area contributed by atoms with Gasteiger partial charge in [0.05, 0.1) is 0 Å². The van der Waals surface area contributed by atoms with Crippen LogP contribution in [-0.2, 0) is 20.4 Å². The van der Waals surface area contributed by atoms with E-state index in [9.17, 15) is 9.59 Å². The predicted octanol–water partition coefficient (Wildman–Crippen LogP) is 5.65. The highest BCUT2D eigenvalue weighted by atomic mass is 16.5. The van der Waals surface area contributed by atoms with E-state index in [1.165, 1.54) is 5.56 Å². The van der Waals surface area contributed by atoms with E-state index in [-0.39, 0.29) is 29.3 Å². The van der Waals surface area contributed by atoms with E-state index in [2.05, 4.69) is 64.3 Å². The average molecular weight is 411 g/mol. The fraction of sp³-hybridized carbons (Fsp3) is 0.440. The minimum Gasteiger partial charge on any atom is -0.483 e. The minimum absolute atomic E-state index is 0.0358. The molecule has 5 heteroatoms. The van der Waals surface area contributed by atoms with Gasteiger partial charge in [-0.2, -0.15) is 0 Å². The van der Waals surface area contributed by atoms with Crippen LogP contribution in [0, 0.1) is 0 Å². The Morgan fingerprint density at radius 2 is 1.43 bits per heavy atom. The molecule has 0 saturated heterocycles. The zero-order chi connectivity index (χ0) is 22.5. The van der Waals surface area contributed by atoms with Gasteiger partial charge in [0.2, 0.25) is 5.91 Å². The summed E-state index contributed by atoms with van der Waals surface area (Å²) in [7, 11) is 0. The van der Waals surface area contributed by atoms with Crippen molar-refractivity contribution in [1.29, 1.82) is 0 Å². The van der Waals surface area contributed by atoms with Crippen molar-refractivity contribution >= 4 is 23.2 Å². The molecule has 0 bridgehead atoms. The fourth-order valence-corrected chi connectivity index (χ4v) is 2.97. The van der Waals surface area contributed by atoms with Crippen molar-refractivity contribution in [2.75, 3.05) is 17.2 Å². The second-order valence-electron chi connectivity index (χ2n) is 9.53. The first kappa shape index (κ1) is 23.5. The number of nitrogens with one attached hydrogen (secondary N) is 2. The molecule has 2 amide bonds. The number of amides is 2. The molecule has 0 fully saturated rings. The quantitative estimate of drug-likeness (QED) is 0.647. The zero-order valence-corrected chi connectivity index (χ0v) is 19.2. The molecular formula is C25H34N2O3. The molecule has 0 heterocycles. The van der Waals surface area contributed by atoms with Crippen molar-refractivity contribution in [1.82, 2.24) is 0 Å². The average Bonchev–Trinajstić information content (AvgIpc) is 2.65. The molecule has 0 radical (unpaired) electrons. The molecule has 0 spiro atoms. The van der Waals surface area contributed by atoms with Gasteiger partial charge in [-0.25, -0.2) is 0 Å². The molecule has 0 unspecified atom stereocenters. The molecule has 0 saturated carbocycles. The summed E-state index contributed by atoms with van der Waals surface area (Å²) in [6, 6.07) is 13.3. The molecule has 0 aliphatic carbocycles. The second-order valence-corrected chi connectivity index (χ2v) is 9.53. The van der Waals surface area contributed by atoms with Crippen molar-refractivity contribution < 1.29 is 14.3 Å². The number of ether oxygens (including phenoxy) is 1. The molecule has 0 aliphatic rings. The maximum absolute atomic E-state index is 12.4. The van der Waals surface area contributed by atoms with Crippen molar-refractivity contribution in [3.8, 4) is 5.75 Å². The Morgan fingerprint density at radius 1 is 0.833 bits per heavy atom. The van der Waals surface area contributed by atoms with E-state index < -0.39 is 0 Å². The summed E-state index contributed by atoms with van der Waals surface area (Å²) in [6.07, 6.45) is 0.397. The van der Waals surface area contributed by atoms with Gasteiger partial charge in [-0.3, -0.25) is 9.59 Å². The Labute approximate surface area is 180 Å². The molecule has 2 N–H and O–H groups in total. The zero-order valence-electron chi connectivity index (χ0n) is 19.2.